The van der Waals surface area contributed by atoms with Crippen molar-refractivity contribution >= 4 is 0 Å². The first kappa shape index (κ1) is 24.0. The van der Waals surface area contributed by atoms with Gasteiger partial charge in [-0.3, -0.25) is 0 Å². The summed E-state index contributed by atoms with van der Waals surface area (Å²) < 4.78 is 0. The van der Waals surface area contributed by atoms with E-state index in [1.165, 1.54) is 116 Å². The topological polar surface area (TPSA) is 20.2 Å². The Hall–Kier alpha value is -0.0400. The molecule has 1 nitrogen and oxygen atoms in total. The van der Waals surface area contributed by atoms with Gasteiger partial charge in [-0.15, -0.1) is 0 Å². The van der Waals surface area contributed by atoms with Crippen LogP contribution in [0.25, 0.3) is 0 Å². The second-order valence-electron chi connectivity index (χ2n) is 7.85. The van der Waals surface area contributed by atoms with E-state index >= 15 is 0 Å². The molecule has 0 fully saturated rings. The number of hydrogen-bond donors (Lipinski definition) is 1. The minimum absolute atomic E-state index is 0.373. The van der Waals surface area contributed by atoms with E-state index in [4.69, 9.17) is 5.11 Å². The second kappa shape index (κ2) is 21.0. The van der Waals surface area contributed by atoms with Gasteiger partial charge in [0, 0.05) is 6.61 Å². The van der Waals surface area contributed by atoms with Crippen LogP contribution in [-0.2, 0) is 0 Å². The number of unbranched alkanes of at least 4 members (excludes halogenated alkanes) is 15. The molecule has 0 aromatic rings. The lowest BCUT2D eigenvalue weighted by atomic mass is 9.95. The van der Waals surface area contributed by atoms with Gasteiger partial charge in [0.1, 0.15) is 0 Å². The van der Waals surface area contributed by atoms with Crippen molar-refractivity contribution in [3.8, 4) is 0 Å². The maximum absolute atomic E-state index is 8.72. The zero-order valence-electron chi connectivity index (χ0n) is 17.2. The Kier molecular flexibility index (Phi) is 21.0. The first-order chi connectivity index (χ1) is 11.8. The standard InChI is InChI=1S/C23H48O/c1-3-23(4-2)21-19-17-15-13-11-9-7-5-6-8-10-12-14-16-18-20-22-24/h23-24H,3-22H2,1-2H3. The Bertz CT molecular complexity index is 210. The molecule has 0 heterocycles. The number of aliphatic hydroxyl groups is 1. The quantitative estimate of drug-likeness (QED) is 0.222. The lowest BCUT2D eigenvalue weighted by Crippen LogP contribution is -1.96. The van der Waals surface area contributed by atoms with Crippen molar-refractivity contribution in [2.75, 3.05) is 6.61 Å². The average Bonchev–Trinajstić information content (AvgIpc) is 2.61. The van der Waals surface area contributed by atoms with Crippen LogP contribution in [0.1, 0.15) is 136 Å². The smallest absolute Gasteiger partial charge is 0.0431 e. The lowest BCUT2D eigenvalue weighted by molar-refractivity contribution is 0.282. The first-order valence-corrected chi connectivity index (χ1v) is 11.5. The van der Waals surface area contributed by atoms with Crippen molar-refractivity contribution < 1.29 is 5.11 Å². The Morgan fingerprint density at radius 2 is 0.750 bits per heavy atom. The van der Waals surface area contributed by atoms with Crippen LogP contribution < -0.4 is 0 Å². The molecule has 24 heavy (non-hydrogen) atoms. The van der Waals surface area contributed by atoms with Crippen molar-refractivity contribution in [1.29, 1.82) is 0 Å². The predicted octanol–water partition coefficient (Wildman–Crippen LogP) is 8.05. The third kappa shape index (κ3) is 18.3. The summed E-state index contributed by atoms with van der Waals surface area (Å²) >= 11 is 0. The highest BCUT2D eigenvalue weighted by Gasteiger charge is 2.02. The second-order valence-corrected chi connectivity index (χ2v) is 7.85. The summed E-state index contributed by atoms with van der Waals surface area (Å²) in [5.74, 6) is 0.991. The van der Waals surface area contributed by atoms with Crippen molar-refractivity contribution in [1.82, 2.24) is 0 Å². The fourth-order valence-corrected chi connectivity index (χ4v) is 3.72. The van der Waals surface area contributed by atoms with Gasteiger partial charge < -0.3 is 5.11 Å². The van der Waals surface area contributed by atoms with Gasteiger partial charge in [-0.1, -0.05) is 129 Å². The summed E-state index contributed by atoms with van der Waals surface area (Å²) in [6.07, 6.45) is 26.6. The summed E-state index contributed by atoms with van der Waals surface area (Å²) in [6, 6.07) is 0. The van der Waals surface area contributed by atoms with Crippen LogP contribution in [0.15, 0.2) is 0 Å². The molecule has 1 heteroatoms. The molecule has 0 aliphatic rings. The van der Waals surface area contributed by atoms with Crippen molar-refractivity contribution in [2.24, 2.45) is 5.92 Å². The van der Waals surface area contributed by atoms with Gasteiger partial charge >= 0.3 is 0 Å². The van der Waals surface area contributed by atoms with E-state index in [9.17, 15) is 0 Å². The summed E-state index contributed by atoms with van der Waals surface area (Å²) in [4.78, 5) is 0. The zero-order valence-corrected chi connectivity index (χ0v) is 17.2. The molecule has 1 N–H and O–H groups in total. The molecule has 0 atom stereocenters. The first-order valence-electron chi connectivity index (χ1n) is 11.5. The molecular weight excluding hydrogens is 292 g/mol. The van der Waals surface area contributed by atoms with Crippen LogP contribution in [0.2, 0.25) is 0 Å². The maximum atomic E-state index is 8.72. The summed E-state index contributed by atoms with van der Waals surface area (Å²) in [5, 5.41) is 8.72. The fourth-order valence-electron chi connectivity index (χ4n) is 3.72. The largest absolute Gasteiger partial charge is 0.396 e. The Balaban J connectivity index is 3.03. The van der Waals surface area contributed by atoms with Crippen molar-refractivity contribution in [2.45, 2.75) is 136 Å². The van der Waals surface area contributed by atoms with Crippen LogP contribution in [0.4, 0.5) is 0 Å². The third-order valence-electron chi connectivity index (χ3n) is 5.68. The minimum atomic E-state index is 0.373. The summed E-state index contributed by atoms with van der Waals surface area (Å²) in [5.41, 5.74) is 0. The summed E-state index contributed by atoms with van der Waals surface area (Å²) in [6.45, 7) is 5.05. The highest BCUT2D eigenvalue weighted by molar-refractivity contribution is 4.55. The highest BCUT2D eigenvalue weighted by Crippen LogP contribution is 2.18. The van der Waals surface area contributed by atoms with Crippen LogP contribution in [0, 0.1) is 5.92 Å². The van der Waals surface area contributed by atoms with Crippen molar-refractivity contribution in [3.05, 3.63) is 0 Å². The normalized spacial score (nSPS) is 11.5. The number of aliphatic hydroxyl groups excluding tert-OH is 1. The Labute approximate surface area is 154 Å². The van der Waals surface area contributed by atoms with Crippen LogP contribution in [0.5, 0.6) is 0 Å². The van der Waals surface area contributed by atoms with Gasteiger partial charge in [0.15, 0.2) is 0 Å². The van der Waals surface area contributed by atoms with E-state index in [2.05, 4.69) is 13.8 Å². The van der Waals surface area contributed by atoms with E-state index in [-0.39, 0.29) is 0 Å². The highest BCUT2D eigenvalue weighted by atomic mass is 16.2. The number of rotatable bonds is 20. The molecule has 0 amide bonds. The molecule has 0 aliphatic carbocycles. The van der Waals surface area contributed by atoms with Crippen LogP contribution in [-0.4, -0.2) is 11.7 Å². The fraction of sp³-hybridized carbons (Fsp3) is 1.00. The predicted molar refractivity (Wildman–Crippen MR) is 110 cm³/mol. The van der Waals surface area contributed by atoms with Gasteiger partial charge in [0.25, 0.3) is 0 Å². The van der Waals surface area contributed by atoms with E-state index in [1.807, 2.05) is 0 Å². The average molecular weight is 341 g/mol. The SMILES string of the molecule is CCC(CC)CCCCCCCCCCCCCCCCCCO. The van der Waals surface area contributed by atoms with Gasteiger partial charge in [0.05, 0.1) is 0 Å². The molecule has 0 rings (SSSR count). The summed E-state index contributed by atoms with van der Waals surface area (Å²) in [7, 11) is 0. The molecule has 0 radical (unpaired) electrons. The van der Waals surface area contributed by atoms with Crippen molar-refractivity contribution in [3.63, 3.8) is 0 Å². The Morgan fingerprint density at radius 3 is 1.04 bits per heavy atom. The van der Waals surface area contributed by atoms with Gasteiger partial charge in [-0.05, 0) is 12.3 Å². The maximum Gasteiger partial charge on any atom is 0.0431 e. The van der Waals surface area contributed by atoms with E-state index in [0.29, 0.717) is 6.61 Å². The lowest BCUT2D eigenvalue weighted by Gasteiger charge is -2.11. The zero-order chi connectivity index (χ0) is 17.7. The molecule has 0 aromatic heterocycles. The minimum Gasteiger partial charge on any atom is -0.396 e. The molecule has 0 unspecified atom stereocenters. The molecule has 0 spiro atoms. The van der Waals surface area contributed by atoms with E-state index < -0.39 is 0 Å². The van der Waals surface area contributed by atoms with E-state index in [0.717, 1.165) is 12.3 Å². The monoisotopic (exact) mass is 340 g/mol. The molecule has 0 bridgehead atoms. The van der Waals surface area contributed by atoms with Crippen LogP contribution in [0.3, 0.4) is 0 Å². The molecule has 0 saturated heterocycles. The van der Waals surface area contributed by atoms with Gasteiger partial charge in [0.2, 0.25) is 0 Å². The Morgan fingerprint density at radius 1 is 0.458 bits per heavy atom. The van der Waals surface area contributed by atoms with Gasteiger partial charge in [-0.25, -0.2) is 0 Å². The van der Waals surface area contributed by atoms with Crippen LogP contribution >= 0.6 is 0 Å². The number of hydrogen-bond acceptors (Lipinski definition) is 1. The molecular formula is C23H48O. The molecule has 0 saturated carbocycles. The van der Waals surface area contributed by atoms with Gasteiger partial charge in [-0.2, -0.15) is 0 Å². The van der Waals surface area contributed by atoms with E-state index in [1.54, 1.807) is 0 Å². The third-order valence-corrected chi connectivity index (χ3v) is 5.68. The molecule has 146 valence electrons. The molecule has 0 aliphatic heterocycles. The molecule has 0 aromatic carbocycles.